The number of hydrogen-bond donors (Lipinski definition) is 2. The van der Waals surface area contributed by atoms with Crippen LogP contribution in [0.25, 0.3) is 0 Å². The van der Waals surface area contributed by atoms with Gasteiger partial charge in [-0.25, -0.2) is 0 Å². The molecule has 0 aromatic carbocycles. The van der Waals surface area contributed by atoms with Gasteiger partial charge in [0.25, 0.3) is 0 Å². The highest BCUT2D eigenvalue weighted by atomic mass is 16.1. The van der Waals surface area contributed by atoms with Gasteiger partial charge < -0.3 is 11.1 Å². The molecule has 3 N–H and O–H groups in total. The van der Waals surface area contributed by atoms with Gasteiger partial charge in [0.2, 0.25) is 12.3 Å². The monoisotopic (exact) mass is 184 g/mol. The molecule has 1 unspecified atom stereocenters. The van der Waals surface area contributed by atoms with Crippen LogP contribution in [0.2, 0.25) is 0 Å². The third-order valence-corrected chi connectivity index (χ3v) is 2.75. The maximum Gasteiger partial charge on any atom is 0.225 e. The van der Waals surface area contributed by atoms with Gasteiger partial charge in [-0.15, -0.1) is 0 Å². The molecule has 4 heteroatoms. The van der Waals surface area contributed by atoms with E-state index < -0.39 is 5.41 Å². The van der Waals surface area contributed by atoms with Crippen LogP contribution in [0.1, 0.15) is 26.7 Å². The molecule has 0 aromatic rings. The lowest BCUT2D eigenvalue weighted by Gasteiger charge is -2.30. The van der Waals surface area contributed by atoms with Crippen LogP contribution < -0.4 is 11.1 Å². The van der Waals surface area contributed by atoms with Crippen molar-refractivity contribution in [2.45, 2.75) is 32.7 Å². The number of nitrogens with two attached hydrogens (primary N) is 1. The number of carbonyl (C=O) groups is 2. The van der Waals surface area contributed by atoms with E-state index in [9.17, 15) is 9.59 Å². The number of carbonyl (C=O) groups excluding carboxylic acids is 2. The van der Waals surface area contributed by atoms with Crippen LogP contribution in [0, 0.1) is 11.3 Å². The summed E-state index contributed by atoms with van der Waals surface area (Å²) in [5.41, 5.74) is 4.62. The molecule has 0 aliphatic heterocycles. The first-order valence-corrected chi connectivity index (χ1v) is 4.49. The van der Waals surface area contributed by atoms with E-state index >= 15 is 0 Å². The topological polar surface area (TPSA) is 72.2 Å². The van der Waals surface area contributed by atoms with E-state index in [0.29, 0.717) is 12.3 Å². The Morgan fingerprint density at radius 2 is 2.15 bits per heavy atom. The second kappa shape index (κ2) is 3.36. The van der Waals surface area contributed by atoms with Gasteiger partial charge in [0.1, 0.15) is 0 Å². The van der Waals surface area contributed by atoms with Crippen molar-refractivity contribution in [2.24, 2.45) is 17.1 Å². The van der Waals surface area contributed by atoms with Crippen LogP contribution in [0.15, 0.2) is 0 Å². The molecule has 0 heterocycles. The standard InChI is InChI=1S/C9H16N2O2/c1-9(2,8(10)13)7(11-5-12)6-3-4-6/h5-7H,3-4H2,1-2H3,(H2,10,13)(H,11,12). The summed E-state index contributed by atoms with van der Waals surface area (Å²) in [5.74, 6) is 0.0615. The number of nitrogens with one attached hydrogen (secondary N) is 1. The molecule has 0 spiro atoms. The molecule has 0 saturated heterocycles. The third kappa shape index (κ3) is 1.99. The predicted octanol–water partition coefficient (Wildman–Crippen LogP) is 0.0225. The van der Waals surface area contributed by atoms with Crippen molar-refractivity contribution in [3.05, 3.63) is 0 Å². The highest BCUT2D eigenvalue weighted by molar-refractivity contribution is 5.81. The van der Waals surface area contributed by atoms with Crippen LogP contribution in [-0.2, 0) is 9.59 Å². The Morgan fingerprint density at radius 3 is 2.46 bits per heavy atom. The lowest BCUT2D eigenvalue weighted by molar-refractivity contribution is -0.128. The molecule has 1 aliphatic rings. The maximum absolute atomic E-state index is 11.1. The minimum absolute atomic E-state index is 0.109. The Balaban J connectivity index is 2.72. The van der Waals surface area contributed by atoms with Gasteiger partial charge in [-0.2, -0.15) is 0 Å². The van der Waals surface area contributed by atoms with Gasteiger partial charge in [-0.05, 0) is 32.6 Å². The summed E-state index contributed by atoms with van der Waals surface area (Å²) < 4.78 is 0. The minimum Gasteiger partial charge on any atom is -0.369 e. The zero-order chi connectivity index (χ0) is 10.1. The summed E-state index contributed by atoms with van der Waals surface area (Å²) in [6.45, 7) is 3.55. The van der Waals surface area contributed by atoms with Gasteiger partial charge in [0.15, 0.2) is 0 Å². The van der Waals surface area contributed by atoms with Crippen molar-refractivity contribution in [3.63, 3.8) is 0 Å². The molecule has 1 atom stereocenters. The Bertz CT molecular complexity index is 222. The maximum atomic E-state index is 11.1. The van der Waals surface area contributed by atoms with E-state index in [1.165, 1.54) is 0 Å². The molecule has 1 saturated carbocycles. The van der Waals surface area contributed by atoms with E-state index in [4.69, 9.17) is 5.73 Å². The predicted molar refractivity (Wildman–Crippen MR) is 48.7 cm³/mol. The second-order valence-corrected chi connectivity index (χ2v) is 4.19. The highest BCUT2D eigenvalue weighted by Crippen LogP contribution is 2.40. The second-order valence-electron chi connectivity index (χ2n) is 4.19. The minimum atomic E-state index is -0.651. The Hall–Kier alpha value is -1.06. The quantitative estimate of drug-likeness (QED) is 0.591. The SMILES string of the molecule is CC(C)(C(N)=O)C(NC=O)C1CC1. The van der Waals surface area contributed by atoms with Crippen molar-refractivity contribution in [1.82, 2.24) is 5.32 Å². The average molecular weight is 184 g/mol. The summed E-state index contributed by atoms with van der Waals surface area (Å²) in [7, 11) is 0. The van der Waals surface area contributed by atoms with E-state index in [1.54, 1.807) is 13.8 Å². The molecule has 1 aliphatic carbocycles. The van der Waals surface area contributed by atoms with Crippen molar-refractivity contribution < 1.29 is 9.59 Å². The van der Waals surface area contributed by atoms with Crippen LogP contribution >= 0.6 is 0 Å². The first kappa shape index (κ1) is 10.0. The normalized spacial score (nSPS) is 19.2. The first-order chi connectivity index (χ1) is 6.00. The van der Waals surface area contributed by atoms with Crippen molar-refractivity contribution in [1.29, 1.82) is 0 Å². The van der Waals surface area contributed by atoms with Gasteiger partial charge in [-0.3, -0.25) is 9.59 Å². The molecule has 0 radical (unpaired) electrons. The fourth-order valence-corrected chi connectivity index (χ4v) is 1.59. The molecule has 2 amide bonds. The highest BCUT2D eigenvalue weighted by Gasteiger charge is 2.44. The third-order valence-electron chi connectivity index (χ3n) is 2.75. The first-order valence-electron chi connectivity index (χ1n) is 4.49. The molecule has 0 bridgehead atoms. The van der Waals surface area contributed by atoms with E-state index in [2.05, 4.69) is 5.32 Å². The fraction of sp³-hybridized carbons (Fsp3) is 0.778. The zero-order valence-electron chi connectivity index (χ0n) is 8.04. The van der Waals surface area contributed by atoms with E-state index in [0.717, 1.165) is 12.8 Å². The number of rotatable bonds is 5. The molecule has 0 aromatic heterocycles. The molecular formula is C9H16N2O2. The van der Waals surface area contributed by atoms with Crippen molar-refractivity contribution in [2.75, 3.05) is 0 Å². The lowest BCUT2D eigenvalue weighted by Crippen LogP contribution is -2.50. The summed E-state index contributed by atoms with van der Waals surface area (Å²) in [6.07, 6.45) is 2.79. The van der Waals surface area contributed by atoms with Gasteiger partial charge in [0.05, 0.1) is 5.41 Å². The molecular weight excluding hydrogens is 168 g/mol. The fourth-order valence-electron chi connectivity index (χ4n) is 1.59. The van der Waals surface area contributed by atoms with Gasteiger partial charge >= 0.3 is 0 Å². The number of hydrogen-bond acceptors (Lipinski definition) is 2. The Morgan fingerprint density at radius 1 is 1.62 bits per heavy atom. The van der Waals surface area contributed by atoms with Gasteiger partial charge in [-0.1, -0.05) is 0 Å². The van der Waals surface area contributed by atoms with E-state index in [1.807, 2.05) is 0 Å². The van der Waals surface area contributed by atoms with Crippen LogP contribution in [0.3, 0.4) is 0 Å². The van der Waals surface area contributed by atoms with Crippen molar-refractivity contribution >= 4 is 12.3 Å². The summed E-state index contributed by atoms with van der Waals surface area (Å²) in [6, 6.07) is -0.109. The molecule has 1 rings (SSSR count). The largest absolute Gasteiger partial charge is 0.369 e. The summed E-state index contributed by atoms with van der Waals surface area (Å²) >= 11 is 0. The lowest BCUT2D eigenvalue weighted by atomic mass is 9.81. The smallest absolute Gasteiger partial charge is 0.225 e. The van der Waals surface area contributed by atoms with Crippen LogP contribution in [-0.4, -0.2) is 18.4 Å². The number of amides is 2. The van der Waals surface area contributed by atoms with Crippen LogP contribution in [0.5, 0.6) is 0 Å². The average Bonchev–Trinajstić information content (AvgIpc) is 2.82. The molecule has 1 fully saturated rings. The van der Waals surface area contributed by atoms with Gasteiger partial charge in [0, 0.05) is 6.04 Å². The molecule has 4 nitrogen and oxygen atoms in total. The zero-order valence-corrected chi connectivity index (χ0v) is 8.04. The summed E-state index contributed by atoms with van der Waals surface area (Å²) in [4.78, 5) is 21.5. The van der Waals surface area contributed by atoms with Crippen LogP contribution in [0.4, 0.5) is 0 Å². The Labute approximate surface area is 77.9 Å². The number of primary amides is 1. The van der Waals surface area contributed by atoms with E-state index in [-0.39, 0.29) is 11.9 Å². The molecule has 13 heavy (non-hydrogen) atoms. The van der Waals surface area contributed by atoms with Crippen molar-refractivity contribution in [3.8, 4) is 0 Å². The Kier molecular flexibility index (Phi) is 2.59. The molecule has 74 valence electrons. The summed E-state index contributed by atoms with van der Waals surface area (Å²) in [5, 5.41) is 2.68.